The maximum absolute atomic E-state index is 5.50. The minimum atomic E-state index is 0.786. The summed E-state index contributed by atoms with van der Waals surface area (Å²) in [4.78, 5) is 0. The van der Waals surface area contributed by atoms with Gasteiger partial charge in [0.1, 0.15) is 0 Å². The average molecular weight is 224 g/mol. The fourth-order valence-electron chi connectivity index (χ4n) is 1.74. The van der Waals surface area contributed by atoms with Crippen LogP contribution in [-0.2, 0) is 9.47 Å². The van der Waals surface area contributed by atoms with Crippen LogP contribution in [0.15, 0.2) is 0 Å². The Balaban J connectivity index is 2.10. The van der Waals surface area contributed by atoms with Crippen molar-refractivity contribution in [3.63, 3.8) is 0 Å². The van der Waals surface area contributed by atoms with Crippen LogP contribution in [0.2, 0.25) is 0 Å². The maximum atomic E-state index is 5.50. The van der Waals surface area contributed by atoms with Crippen molar-refractivity contribution in [2.45, 2.75) is 51.4 Å². The lowest BCUT2D eigenvalue weighted by Crippen LogP contribution is -1.98. The van der Waals surface area contributed by atoms with Gasteiger partial charge in [0.15, 0.2) is 0 Å². The largest absolute Gasteiger partial charge is 0.380 e. The molecule has 0 aliphatic carbocycles. The Hall–Kier alpha value is -0.520. The van der Waals surface area contributed by atoms with E-state index in [1.165, 1.54) is 38.5 Å². The number of hydrogen-bond acceptors (Lipinski definition) is 2. The second kappa shape index (κ2) is 11.0. The monoisotopic (exact) mass is 224 g/mol. The smallest absolute Gasteiger partial charge is 0.0575 e. The molecule has 0 bridgehead atoms. The SMILES string of the molecule is C1#CCCOCCCCCCCCOCC1. The van der Waals surface area contributed by atoms with Crippen LogP contribution in [0.1, 0.15) is 51.4 Å². The zero-order valence-corrected chi connectivity index (χ0v) is 10.3. The number of rotatable bonds is 0. The summed E-state index contributed by atoms with van der Waals surface area (Å²) in [6, 6.07) is 0. The molecule has 2 heteroatoms. The van der Waals surface area contributed by atoms with E-state index >= 15 is 0 Å². The van der Waals surface area contributed by atoms with E-state index < -0.39 is 0 Å². The van der Waals surface area contributed by atoms with E-state index in [1.54, 1.807) is 0 Å². The van der Waals surface area contributed by atoms with Crippen LogP contribution in [0, 0.1) is 11.8 Å². The van der Waals surface area contributed by atoms with Gasteiger partial charge in [-0.15, -0.1) is 11.8 Å². The molecule has 0 amide bonds. The van der Waals surface area contributed by atoms with Gasteiger partial charge >= 0.3 is 0 Å². The Labute approximate surface area is 99.7 Å². The maximum Gasteiger partial charge on any atom is 0.0575 e. The van der Waals surface area contributed by atoms with Gasteiger partial charge in [-0.05, 0) is 12.8 Å². The molecule has 1 aliphatic rings. The van der Waals surface area contributed by atoms with Crippen molar-refractivity contribution in [3.05, 3.63) is 0 Å². The first-order chi connectivity index (χ1) is 8.00. The van der Waals surface area contributed by atoms with Gasteiger partial charge < -0.3 is 9.47 Å². The predicted molar refractivity (Wildman–Crippen MR) is 66.4 cm³/mol. The standard InChI is InChI=1S/C14H24O2/c1-2-4-8-12-16-14-10-6-5-9-13-15-11-7-3-1/h1-4,7-14H2. The highest BCUT2D eigenvalue weighted by Gasteiger charge is 1.93. The molecule has 92 valence electrons. The summed E-state index contributed by atoms with van der Waals surface area (Å²) in [7, 11) is 0. The van der Waals surface area contributed by atoms with Gasteiger partial charge in [0.05, 0.1) is 13.2 Å². The van der Waals surface area contributed by atoms with Crippen molar-refractivity contribution in [1.29, 1.82) is 0 Å². The molecule has 16 heavy (non-hydrogen) atoms. The number of hydrogen-bond donors (Lipinski definition) is 0. The Morgan fingerprint density at radius 1 is 0.500 bits per heavy atom. The predicted octanol–water partition coefficient (Wildman–Crippen LogP) is 3.16. The van der Waals surface area contributed by atoms with E-state index in [2.05, 4.69) is 11.8 Å². The van der Waals surface area contributed by atoms with E-state index in [4.69, 9.17) is 9.47 Å². The van der Waals surface area contributed by atoms with Crippen molar-refractivity contribution in [1.82, 2.24) is 0 Å². The molecule has 0 fully saturated rings. The Morgan fingerprint density at radius 2 is 0.938 bits per heavy atom. The molecule has 0 spiro atoms. The topological polar surface area (TPSA) is 18.5 Å². The number of ether oxygens (including phenoxy) is 2. The minimum absolute atomic E-state index is 0.786. The summed E-state index contributed by atoms with van der Waals surface area (Å²) < 4.78 is 11.0. The highest BCUT2D eigenvalue weighted by molar-refractivity contribution is 4.98. The first kappa shape index (κ1) is 13.5. The summed E-state index contributed by atoms with van der Waals surface area (Å²) >= 11 is 0. The lowest BCUT2D eigenvalue weighted by molar-refractivity contribution is 0.131. The molecule has 0 aromatic rings. The summed E-state index contributed by atoms with van der Waals surface area (Å²) in [5, 5.41) is 0. The second-order valence-corrected chi connectivity index (χ2v) is 4.20. The Bertz CT molecular complexity index is 183. The highest BCUT2D eigenvalue weighted by atomic mass is 16.5. The van der Waals surface area contributed by atoms with E-state index in [0.717, 1.165) is 39.3 Å². The molecule has 1 aliphatic heterocycles. The lowest BCUT2D eigenvalue weighted by atomic mass is 10.1. The van der Waals surface area contributed by atoms with E-state index in [0.29, 0.717) is 0 Å². The first-order valence-corrected chi connectivity index (χ1v) is 6.61. The zero-order chi connectivity index (χ0) is 11.3. The molecule has 0 N–H and O–H groups in total. The van der Waals surface area contributed by atoms with Crippen LogP contribution in [-0.4, -0.2) is 26.4 Å². The van der Waals surface area contributed by atoms with Gasteiger partial charge in [0.2, 0.25) is 0 Å². The van der Waals surface area contributed by atoms with Crippen LogP contribution in [0.3, 0.4) is 0 Å². The van der Waals surface area contributed by atoms with E-state index in [9.17, 15) is 0 Å². The molecule has 0 unspecified atom stereocenters. The quantitative estimate of drug-likeness (QED) is 0.588. The lowest BCUT2D eigenvalue weighted by Gasteiger charge is -2.04. The third-order valence-corrected chi connectivity index (χ3v) is 2.70. The van der Waals surface area contributed by atoms with Crippen LogP contribution in [0.5, 0.6) is 0 Å². The van der Waals surface area contributed by atoms with Gasteiger partial charge in [0, 0.05) is 26.1 Å². The molecule has 1 rings (SSSR count). The molecule has 2 nitrogen and oxygen atoms in total. The minimum Gasteiger partial charge on any atom is -0.380 e. The van der Waals surface area contributed by atoms with Gasteiger partial charge in [-0.1, -0.05) is 25.7 Å². The summed E-state index contributed by atoms with van der Waals surface area (Å²) in [6.45, 7) is 3.39. The third kappa shape index (κ3) is 8.76. The molecule has 1 heterocycles. The average Bonchev–Trinajstić information content (AvgIpc) is 2.29. The Kier molecular flexibility index (Phi) is 9.30. The fourth-order valence-corrected chi connectivity index (χ4v) is 1.74. The summed E-state index contributed by atoms with van der Waals surface area (Å²) in [5.74, 6) is 6.22. The molecule has 0 aromatic carbocycles. The normalized spacial score (nSPS) is 22.0. The van der Waals surface area contributed by atoms with Gasteiger partial charge in [-0.3, -0.25) is 0 Å². The van der Waals surface area contributed by atoms with E-state index in [-0.39, 0.29) is 0 Å². The molecule has 0 radical (unpaired) electrons. The molecular formula is C14H24O2. The second-order valence-electron chi connectivity index (χ2n) is 4.20. The van der Waals surface area contributed by atoms with Crippen LogP contribution in [0.4, 0.5) is 0 Å². The zero-order valence-electron chi connectivity index (χ0n) is 10.3. The Morgan fingerprint density at radius 3 is 1.44 bits per heavy atom. The third-order valence-electron chi connectivity index (χ3n) is 2.70. The molecule has 0 aromatic heterocycles. The van der Waals surface area contributed by atoms with Gasteiger partial charge in [-0.2, -0.15) is 0 Å². The molecular weight excluding hydrogens is 200 g/mol. The van der Waals surface area contributed by atoms with Crippen LogP contribution < -0.4 is 0 Å². The summed E-state index contributed by atoms with van der Waals surface area (Å²) in [6.07, 6.45) is 9.39. The highest BCUT2D eigenvalue weighted by Crippen LogP contribution is 2.06. The van der Waals surface area contributed by atoms with Crippen molar-refractivity contribution in [3.8, 4) is 11.8 Å². The van der Waals surface area contributed by atoms with Gasteiger partial charge in [-0.25, -0.2) is 0 Å². The van der Waals surface area contributed by atoms with Gasteiger partial charge in [0.25, 0.3) is 0 Å². The van der Waals surface area contributed by atoms with E-state index in [1.807, 2.05) is 0 Å². The van der Waals surface area contributed by atoms with Crippen molar-refractivity contribution in [2.75, 3.05) is 26.4 Å². The first-order valence-electron chi connectivity index (χ1n) is 6.61. The van der Waals surface area contributed by atoms with Crippen molar-refractivity contribution < 1.29 is 9.47 Å². The van der Waals surface area contributed by atoms with Crippen LogP contribution >= 0.6 is 0 Å². The molecule has 0 saturated heterocycles. The molecule has 0 atom stereocenters. The summed E-state index contributed by atoms with van der Waals surface area (Å²) in [5.41, 5.74) is 0. The fraction of sp³-hybridized carbons (Fsp3) is 0.857. The molecule has 0 saturated carbocycles. The van der Waals surface area contributed by atoms with Crippen molar-refractivity contribution in [2.24, 2.45) is 0 Å². The van der Waals surface area contributed by atoms with Crippen molar-refractivity contribution >= 4 is 0 Å². The van der Waals surface area contributed by atoms with Crippen LogP contribution in [0.25, 0.3) is 0 Å².